The zero-order chi connectivity index (χ0) is 19.3. The summed E-state index contributed by atoms with van der Waals surface area (Å²) in [6.07, 6.45) is 0. The molecule has 144 valence electrons. The number of carbonyl (C=O) groups is 2. The van der Waals surface area contributed by atoms with E-state index in [1.54, 1.807) is 0 Å². The van der Waals surface area contributed by atoms with E-state index in [2.05, 4.69) is 48.3 Å². The summed E-state index contributed by atoms with van der Waals surface area (Å²) in [7, 11) is 0. The van der Waals surface area contributed by atoms with Crippen molar-refractivity contribution in [3.63, 3.8) is 0 Å². The summed E-state index contributed by atoms with van der Waals surface area (Å²) in [5.74, 6) is 0.468. The van der Waals surface area contributed by atoms with Crippen molar-refractivity contribution in [2.45, 2.75) is 47.1 Å². The van der Waals surface area contributed by atoms with Crippen LogP contribution < -0.4 is 5.32 Å². The highest BCUT2D eigenvalue weighted by Gasteiger charge is 2.24. The molecule has 1 aromatic rings. The number of amides is 2. The maximum absolute atomic E-state index is 12.3. The average Bonchev–Trinajstić information content (AvgIpc) is 2.59. The van der Waals surface area contributed by atoms with Crippen LogP contribution in [0.1, 0.15) is 51.7 Å². The van der Waals surface area contributed by atoms with Gasteiger partial charge < -0.3 is 10.2 Å². The van der Waals surface area contributed by atoms with Crippen molar-refractivity contribution in [2.24, 2.45) is 5.41 Å². The van der Waals surface area contributed by atoms with E-state index in [0.717, 1.165) is 19.6 Å². The smallest absolute Gasteiger partial charge is 0.242 e. The van der Waals surface area contributed by atoms with Crippen LogP contribution in [0.2, 0.25) is 0 Å². The monoisotopic (exact) mass is 359 g/mol. The van der Waals surface area contributed by atoms with Gasteiger partial charge in [-0.15, -0.1) is 0 Å². The molecular weight excluding hydrogens is 326 g/mol. The van der Waals surface area contributed by atoms with Crippen LogP contribution in [0, 0.1) is 5.41 Å². The van der Waals surface area contributed by atoms with Crippen LogP contribution in [-0.4, -0.2) is 54.3 Å². The third-order valence-electron chi connectivity index (χ3n) is 4.86. The van der Waals surface area contributed by atoms with E-state index >= 15 is 0 Å². The van der Waals surface area contributed by atoms with Crippen LogP contribution in [0.15, 0.2) is 24.3 Å². The van der Waals surface area contributed by atoms with Gasteiger partial charge in [0.05, 0.1) is 6.54 Å². The van der Waals surface area contributed by atoms with Crippen molar-refractivity contribution in [2.75, 3.05) is 32.7 Å². The predicted octanol–water partition coefficient (Wildman–Crippen LogP) is 2.62. The van der Waals surface area contributed by atoms with Crippen LogP contribution in [0.4, 0.5) is 0 Å². The quantitative estimate of drug-likeness (QED) is 0.879. The van der Waals surface area contributed by atoms with Crippen molar-refractivity contribution in [1.82, 2.24) is 15.1 Å². The van der Waals surface area contributed by atoms with Gasteiger partial charge in [-0.1, -0.05) is 58.9 Å². The molecule has 0 aromatic heterocycles. The Morgan fingerprint density at radius 1 is 1.04 bits per heavy atom. The van der Waals surface area contributed by atoms with Gasteiger partial charge in [0.15, 0.2) is 0 Å². The molecule has 1 aromatic carbocycles. The number of nitrogens with zero attached hydrogens (tertiary/aromatic N) is 2. The van der Waals surface area contributed by atoms with E-state index in [1.807, 2.05) is 25.7 Å². The Bertz CT molecular complexity index is 609. The Morgan fingerprint density at radius 2 is 1.62 bits per heavy atom. The molecule has 1 heterocycles. The van der Waals surface area contributed by atoms with Gasteiger partial charge >= 0.3 is 0 Å². The minimum Gasteiger partial charge on any atom is -0.347 e. The van der Waals surface area contributed by atoms with E-state index in [-0.39, 0.29) is 18.4 Å². The SMILES string of the molecule is CC(C)c1ccc(CN2CCN(C(=O)CNC(=O)C(C)(C)C)CC2)cc1. The Balaban J connectivity index is 1.76. The molecule has 5 nitrogen and oxygen atoms in total. The Kier molecular flexibility index (Phi) is 6.81. The van der Waals surface area contributed by atoms with Gasteiger partial charge in [0.25, 0.3) is 0 Å². The van der Waals surface area contributed by atoms with Gasteiger partial charge in [0.1, 0.15) is 0 Å². The molecule has 2 amide bonds. The lowest BCUT2D eigenvalue weighted by Crippen LogP contribution is -2.51. The third kappa shape index (κ3) is 5.84. The van der Waals surface area contributed by atoms with E-state index in [4.69, 9.17) is 0 Å². The maximum atomic E-state index is 12.3. The molecule has 0 atom stereocenters. The van der Waals surface area contributed by atoms with Crippen molar-refractivity contribution >= 4 is 11.8 Å². The van der Waals surface area contributed by atoms with Crippen LogP contribution in [0.5, 0.6) is 0 Å². The molecule has 0 radical (unpaired) electrons. The van der Waals surface area contributed by atoms with Crippen LogP contribution in [0.25, 0.3) is 0 Å². The number of rotatable bonds is 5. The highest BCUT2D eigenvalue weighted by Crippen LogP contribution is 2.16. The fourth-order valence-corrected chi connectivity index (χ4v) is 2.95. The minimum absolute atomic E-state index is 0.00327. The third-order valence-corrected chi connectivity index (χ3v) is 4.86. The van der Waals surface area contributed by atoms with Gasteiger partial charge in [0.2, 0.25) is 11.8 Å². The summed E-state index contributed by atoms with van der Waals surface area (Å²) in [4.78, 5) is 28.4. The lowest BCUT2D eigenvalue weighted by Gasteiger charge is -2.35. The molecule has 1 N–H and O–H groups in total. The van der Waals surface area contributed by atoms with Crippen LogP contribution in [0.3, 0.4) is 0 Å². The summed E-state index contributed by atoms with van der Waals surface area (Å²) in [5, 5.41) is 2.74. The second kappa shape index (κ2) is 8.67. The minimum atomic E-state index is -0.468. The standard InChI is InChI=1S/C21H33N3O2/c1-16(2)18-8-6-17(7-9-18)15-23-10-12-24(13-11-23)19(25)14-22-20(26)21(3,4)5/h6-9,16H,10-15H2,1-5H3,(H,22,26). The molecule has 0 saturated carbocycles. The lowest BCUT2D eigenvalue weighted by molar-refractivity contribution is -0.136. The fraction of sp³-hybridized carbons (Fsp3) is 0.619. The molecule has 0 spiro atoms. The molecule has 1 fully saturated rings. The van der Waals surface area contributed by atoms with Crippen molar-refractivity contribution < 1.29 is 9.59 Å². The summed E-state index contributed by atoms with van der Waals surface area (Å²) in [6, 6.07) is 8.82. The summed E-state index contributed by atoms with van der Waals surface area (Å²) in [6.45, 7) is 14.1. The Labute approximate surface area is 157 Å². The number of hydrogen-bond donors (Lipinski definition) is 1. The highest BCUT2D eigenvalue weighted by atomic mass is 16.2. The first kappa shape index (κ1) is 20.4. The Morgan fingerprint density at radius 3 is 2.12 bits per heavy atom. The number of hydrogen-bond acceptors (Lipinski definition) is 3. The molecule has 0 unspecified atom stereocenters. The zero-order valence-electron chi connectivity index (χ0n) is 16.8. The van der Waals surface area contributed by atoms with Crippen LogP contribution >= 0.6 is 0 Å². The Hall–Kier alpha value is -1.88. The largest absolute Gasteiger partial charge is 0.347 e. The highest BCUT2D eigenvalue weighted by molar-refractivity contribution is 5.87. The number of benzene rings is 1. The number of piperazine rings is 1. The molecule has 1 aliphatic heterocycles. The molecule has 0 bridgehead atoms. The average molecular weight is 360 g/mol. The summed E-state index contributed by atoms with van der Waals surface area (Å²) < 4.78 is 0. The first-order valence-electron chi connectivity index (χ1n) is 9.54. The second-order valence-corrected chi connectivity index (χ2v) is 8.49. The molecule has 2 rings (SSSR count). The van der Waals surface area contributed by atoms with E-state index in [0.29, 0.717) is 19.0 Å². The summed E-state index contributed by atoms with van der Waals surface area (Å²) >= 11 is 0. The first-order valence-corrected chi connectivity index (χ1v) is 9.54. The normalized spacial score (nSPS) is 16.0. The maximum Gasteiger partial charge on any atom is 0.242 e. The van der Waals surface area contributed by atoms with E-state index in [9.17, 15) is 9.59 Å². The van der Waals surface area contributed by atoms with Gasteiger partial charge in [0, 0.05) is 38.1 Å². The van der Waals surface area contributed by atoms with Gasteiger partial charge in [-0.25, -0.2) is 0 Å². The molecule has 5 heteroatoms. The van der Waals surface area contributed by atoms with Gasteiger partial charge in [-0.2, -0.15) is 0 Å². The number of nitrogens with one attached hydrogen (secondary N) is 1. The molecular formula is C21H33N3O2. The number of carbonyl (C=O) groups excluding carboxylic acids is 2. The zero-order valence-corrected chi connectivity index (χ0v) is 16.8. The molecule has 0 aliphatic carbocycles. The van der Waals surface area contributed by atoms with E-state index < -0.39 is 5.41 Å². The topological polar surface area (TPSA) is 52.6 Å². The van der Waals surface area contributed by atoms with Crippen molar-refractivity contribution in [3.05, 3.63) is 35.4 Å². The van der Waals surface area contributed by atoms with Crippen molar-refractivity contribution in [1.29, 1.82) is 0 Å². The predicted molar refractivity (Wildman–Crippen MR) is 105 cm³/mol. The van der Waals surface area contributed by atoms with Gasteiger partial charge in [-0.05, 0) is 17.0 Å². The fourth-order valence-electron chi connectivity index (χ4n) is 2.95. The second-order valence-electron chi connectivity index (χ2n) is 8.49. The lowest BCUT2D eigenvalue weighted by atomic mass is 9.96. The summed E-state index contributed by atoms with van der Waals surface area (Å²) in [5.41, 5.74) is 2.21. The molecule has 1 aliphatic rings. The van der Waals surface area contributed by atoms with E-state index in [1.165, 1.54) is 11.1 Å². The first-order chi connectivity index (χ1) is 12.2. The van der Waals surface area contributed by atoms with Gasteiger partial charge in [-0.3, -0.25) is 14.5 Å². The molecule has 1 saturated heterocycles. The van der Waals surface area contributed by atoms with Crippen LogP contribution in [-0.2, 0) is 16.1 Å². The van der Waals surface area contributed by atoms with Crippen molar-refractivity contribution in [3.8, 4) is 0 Å². The molecule has 26 heavy (non-hydrogen) atoms.